The second-order valence-electron chi connectivity index (χ2n) is 10.7. The Morgan fingerprint density at radius 1 is 0.821 bits per heavy atom. The van der Waals surface area contributed by atoms with E-state index in [-0.39, 0.29) is 0 Å². The minimum absolute atomic E-state index is 0.400. The first-order chi connectivity index (χ1) is 13.3. The molecule has 6 unspecified atom stereocenters. The third-order valence-corrected chi connectivity index (χ3v) is 7.82. The lowest BCUT2D eigenvalue weighted by molar-refractivity contribution is 0.136. The Morgan fingerprint density at radius 2 is 1.32 bits per heavy atom. The first kappa shape index (κ1) is 21.5. The number of hydrogen-bond acceptors (Lipinski definition) is 2. The number of phenolic OH excluding ortho intramolecular Hbond substituents is 1. The molecule has 0 heterocycles. The van der Waals surface area contributed by atoms with Crippen LogP contribution in [0.15, 0.2) is 24.3 Å². The number of aromatic hydroxyl groups is 1. The Hall–Kier alpha value is -1.18. The van der Waals surface area contributed by atoms with E-state index in [1.54, 1.807) is 0 Å². The van der Waals surface area contributed by atoms with Crippen molar-refractivity contribution in [3.8, 4) is 5.75 Å². The molecular formula is C26H43NO. The van der Waals surface area contributed by atoms with Crippen LogP contribution in [0.25, 0.3) is 0 Å². The average Bonchev–Trinajstić information content (AvgIpc) is 2.61. The fourth-order valence-corrected chi connectivity index (χ4v) is 6.23. The van der Waals surface area contributed by atoms with Crippen molar-refractivity contribution in [2.75, 3.05) is 4.90 Å². The van der Waals surface area contributed by atoms with Gasteiger partial charge in [-0.3, -0.25) is 0 Å². The number of anilines is 1. The SMILES string of the molecule is CC1CCC(C(C)C)C(N(c2cccc(O)c2)C2CC(C)CCC2C(C)C)C1. The van der Waals surface area contributed by atoms with Gasteiger partial charge in [0.15, 0.2) is 0 Å². The molecule has 2 nitrogen and oxygen atoms in total. The molecular weight excluding hydrogens is 342 g/mol. The molecule has 158 valence electrons. The van der Waals surface area contributed by atoms with Crippen LogP contribution >= 0.6 is 0 Å². The Morgan fingerprint density at radius 3 is 1.75 bits per heavy atom. The van der Waals surface area contributed by atoms with E-state index in [0.29, 0.717) is 29.7 Å². The van der Waals surface area contributed by atoms with Crippen LogP contribution in [0.3, 0.4) is 0 Å². The molecule has 6 atom stereocenters. The molecule has 2 aliphatic rings. The molecule has 0 aromatic heterocycles. The van der Waals surface area contributed by atoms with Crippen molar-refractivity contribution in [3.63, 3.8) is 0 Å². The molecule has 2 saturated carbocycles. The zero-order chi connectivity index (χ0) is 20.4. The van der Waals surface area contributed by atoms with E-state index in [9.17, 15) is 5.11 Å². The Bertz CT molecular complexity index is 593. The molecule has 1 N–H and O–H groups in total. The molecule has 0 bridgehead atoms. The van der Waals surface area contributed by atoms with Gasteiger partial charge in [-0.25, -0.2) is 0 Å². The van der Waals surface area contributed by atoms with Gasteiger partial charge in [0.25, 0.3) is 0 Å². The summed E-state index contributed by atoms with van der Waals surface area (Å²) in [4.78, 5) is 2.81. The van der Waals surface area contributed by atoms with Gasteiger partial charge in [0, 0.05) is 23.8 Å². The van der Waals surface area contributed by atoms with Crippen molar-refractivity contribution in [3.05, 3.63) is 24.3 Å². The van der Waals surface area contributed by atoms with Crippen LogP contribution < -0.4 is 4.90 Å². The van der Waals surface area contributed by atoms with Gasteiger partial charge in [-0.15, -0.1) is 0 Å². The van der Waals surface area contributed by atoms with E-state index in [1.807, 2.05) is 18.2 Å². The van der Waals surface area contributed by atoms with Crippen molar-refractivity contribution in [1.29, 1.82) is 0 Å². The van der Waals surface area contributed by atoms with Crippen LogP contribution in [-0.4, -0.2) is 17.2 Å². The van der Waals surface area contributed by atoms with E-state index < -0.39 is 0 Å². The van der Waals surface area contributed by atoms with Crippen molar-refractivity contribution in [2.24, 2.45) is 35.5 Å². The van der Waals surface area contributed by atoms with E-state index in [4.69, 9.17) is 0 Å². The molecule has 2 heteroatoms. The Balaban J connectivity index is 2.05. The standard InChI is InChI=1S/C26H43NO/c1-17(2)23-12-10-19(5)14-25(23)27(21-8-7-9-22(28)16-21)26-15-20(6)11-13-24(26)18(3)4/h7-9,16-20,23-26,28H,10-15H2,1-6H3. The average molecular weight is 386 g/mol. The fraction of sp³-hybridized carbons (Fsp3) is 0.769. The van der Waals surface area contributed by atoms with E-state index in [1.165, 1.54) is 44.2 Å². The maximum Gasteiger partial charge on any atom is 0.117 e. The second-order valence-corrected chi connectivity index (χ2v) is 10.7. The van der Waals surface area contributed by atoms with Crippen LogP contribution in [-0.2, 0) is 0 Å². The maximum absolute atomic E-state index is 10.3. The summed E-state index contributed by atoms with van der Waals surface area (Å²) in [5.41, 5.74) is 1.24. The zero-order valence-electron chi connectivity index (χ0n) is 19.1. The number of rotatable bonds is 5. The summed E-state index contributed by atoms with van der Waals surface area (Å²) >= 11 is 0. The molecule has 0 amide bonds. The lowest BCUT2D eigenvalue weighted by Gasteiger charge is -2.53. The summed E-state index contributed by atoms with van der Waals surface area (Å²) in [6, 6.07) is 9.28. The lowest BCUT2D eigenvalue weighted by Crippen LogP contribution is -2.55. The summed E-state index contributed by atoms with van der Waals surface area (Å²) in [7, 11) is 0. The van der Waals surface area contributed by atoms with Gasteiger partial charge in [-0.1, -0.05) is 60.5 Å². The zero-order valence-corrected chi connectivity index (χ0v) is 19.1. The minimum Gasteiger partial charge on any atom is -0.508 e. The minimum atomic E-state index is 0.400. The molecule has 0 spiro atoms. The van der Waals surface area contributed by atoms with E-state index >= 15 is 0 Å². The van der Waals surface area contributed by atoms with Gasteiger partial charge < -0.3 is 10.0 Å². The first-order valence-corrected chi connectivity index (χ1v) is 11.8. The molecule has 28 heavy (non-hydrogen) atoms. The highest BCUT2D eigenvalue weighted by Crippen LogP contribution is 2.45. The van der Waals surface area contributed by atoms with Crippen LogP contribution in [0.2, 0.25) is 0 Å². The van der Waals surface area contributed by atoms with Crippen molar-refractivity contribution < 1.29 is 5.11 Å². The maximum atomic E-state index is 10.3. The highest BCUT2D eigenvalue weighted by atomic mass is 16.3. The van der Waals surface area contributed by atoms with Crippen molar-refractivity contribution >= 4 is 5.69 Å². The molecule has 3 rings (SSSR count). The lowest BCUT2D eigenvalue weighted by atomic mass is 9.69. The molecule has 0 saturated heterocycles. The number of benzene rings is 1. The monoisotopic (exact) mass is 385 g/mol. The van der Waals surface area contributed by atoms with E-state index in [0.717, 1.165) is 23.7 Å². The van der Waals surface area contributed by atoms with Gasteiger partial charge in [-0.05, 0) is 73.3 Å². The van der Waals surface area contributed by atoms with Crippen LogP contribution in [0, 0.1) is 35.5 Å². The predicted octanol–water partition coefficient (Wildman–Crippen LogP) is 7.12. The highest BCUT2D eigenvalue weighted by molar-refractivity contribution is 5.53. The Kier molecular flexibility index (Phi) is 6.99. The summed E-state index contributed by atoms with van der Waals surface area (Å²) in [5.74, 6) is 4.87. The summed E-state index contributed by atoms with van der Waals surface area (Å²) in [5, 5.41) is 10.3. The smallest absolute Gasteiger partial charge is 0.117 e. The van der Waals surface area contributed by atoms with Gasteiger partial charge in [0.2, 0.25) is 0 Å². The fourth-order valence-electron chi connectivity index (χ4n) is 6.23. The van der Waals surface area contributed by atoms with Gasteiger partial charge >= 0.3 is 0 Å². The molecule has 2 aliphatic carbocycles. The predicted molar refractivity (Wildman–Crippen MR) is 121 cm³/mol. The second kappa shape index (κ2) is 9.09. The third kappa shape index (κ3) is 4.69. The topological polar surface area (TPSA) is 23.5 Å². The molecule has 0 radical (unpaired) electrons. The Labute approximate surface area is 173 Å². The quantitative estimate of drug-likeness (QED) is 0.583. The van der Waals surface area contributed by atoms with Crippen LogP contribution in [0.1, 0.15) is 80.1 Å². The summed E-state index contributed by atoms with van der Waals surface area (Å²) in [6.07, 6.45) is 7.98. The van der Waals surface area contributed by atoms with E-state index in [2.05, 4.69) is 52.5 Å². The normalized spacial score (nSPS) is 34.0. The number of phenols is 1. The molecule has 0 aliphatic heterocycles. The molecule has 2 fully saturated rings. The van der Waals surface area contributed by atoms with Crippen molar-refractivity contribution in [2.45, 2.75) is 92.2 Å². The number of nitrogens with zero attached hydrogens (tertiary/aromatic N) is 1. The summed E-state index contributed by atoms with van der Waals surface area (Å²) in [6.45, 7) is 14.5. The van der Waals surface area contributed by atoms with Gasteiger partial charge in [0.05, 0.1) is 0 Å². The third-order valence-electron chi connectivity index (χ3n) is 7.82. The number of hydrogen-bond donors (Lipinski definition) is 1. The van der Waals surface area contributed by atoms with Crippen molar-refractivity contribution in [1.82, 2.24) is 0 Å². The first-order valence-electron chi connectivity index (χ1n) is 11.8. The molecule has 1 aromatic carbocycles. The largest absolute Gasteiger partial charge is 0.508 e. The summed E-state index contributed by atoms with van der Waals surface area (Å²) < 4.78 is 0. The van der Waals surface area contributed by atoms with Crippen LogP contribution in [0.4, 0.5) is 5.69 Å². The highest BCUT2D eigenvalue weighted by Gasteiger charge is 2.42. The van der Waals surface area contributed by atoms with Crippen LogP contribution in [0.5, 0.6) is 5.75 Å². The van der Waals surface area contributed by atoms with Gasteiger partial charge in [-0.2, -0.15) is 0 Å². The van der Waals surface area contributed by atoms with Gasteiger partial charge in [0.1, 0.15) is 5.75 Å². The molecule has 1 aromatic rings.